The number of pyridine rings is 1. The third-order valence-electron chi connectivity index (χ3n) is 3.56. The van der Waals surface area contributed by atoms with E-state index in [1.807, 2.05) is 25.1 Å². The lowest BCUT2D eigenvalue weighted by Gasteiger charge is -2.11. The fourth-order valence-corrected chi connectivity index (χ4v) is 2.38. The molecule has 0 aliphatic carbocycles. The molecule has 0 aliphatic heterocycles. The van der Waals surface area contributed by atoms with Crippen molar-refractivity contribution in [2.24, 2.45) is 0 Å². The van der Waals surface area contributed by atoms with Gasteiger partial charge < -0.3 is 5.32 Å². The molecule has 1 N–H and O–H groups in total. The molecule has 0 saturated carbocycles. The quantitative estimate of drug-likeness (QED) is 0.732. The number of carbonyl (C=O) groups is 1. The van der Waals surface area contributed by atoms with Crippen molar-refractivity contribution in [3.8, 4) is 0 Å². The number of alkyl halides is 3. The lowest BCUT2D eigenvalue weighted by molar-refractivity contribution is -0.137. The smallest absolute Gasteiger partial charge is 0.320 e. The molecule has 0 fully saturated rings. The molecule has 0 spiro atoms. The molecule has 0 radical (unpaired) electrons. The highest BCUT2D eigenvalue weighted by molar-refractivity contribution is 6.08. The van der Waals surface area contributed by atoms with Crippen LogP contribution in [0.4, 0.5) is 18.9 Å². The summed E-state index contributed by atoms with van der Waals surface area (Å²) < 4.78 is 38.3. The number of nitrogens with one attached hydrogen (secondary N) is 1. The summed E-state index contributed by atoms with van der Waals surface area (Å²) in [5, 5.41) is 3.47. The van der Waals surface area contributed by atoms with E-state index >= 15 is 0 Å². The number of halogens is 3. The van der Waals surface area contributed by atoms with Gasteiger partial charge in [-0.3, -0.25) is 9.78 Å². The van der Waals surface area contributed by atoms with Gasteiger partial charge in [-0.05, 0) is 37.3 Å². The summed E-state index contributed by atoms with van der Waals surface area (Å²) in [6, 6.07) is 13.3. The molecule has 3 rings (SSSR count). The Morgan fingerprint density at radius 3 is 2.54 bits per heavy atom. The Morgan fingerprint density at radius 1 is 1.04 bits per heavy atom. The molecule has 3 aromatic rings. The molecule has 3 nitrogen and oxygen atoms in total. The van der Waals surface area contributed by atoms with Crippen LogP contribution in [0.2, 0.25) is 0 Å². The van der Waals surface area contributed by atoms with Crippen LogP contribution in [0.1, 0.15) is 21.6 Å². The van der Waals surface area contributed by atoms with Crippen molar-refractivity contribution in [1.82, 2.24) is 4.98 Å². The predicted molar refractivity (Wildman–Crippen MR) is 85.9 cm³/mol. The highest BCUT2D eigenvalue weighted by atomic mass is 19.4. The van der Waals surface area contributed by atoms with Gasteiger partial charge in [-0.15, -0.1) is 0 Å². The number of hydrogen-bond donors (Lipinski definition) is 1. The predicted octanol–water partition coefficient (Wildman–Crippen LogP) is 4.81. The van der Waals surface area contributed by atoms with Gasteiger partial charge in [0.15, 0.2) is 0 Å². The number of hydrogen-bond acceptors (Lipinski definition) is 2. The maximum absolute atomic E-state index is 12.8. The molecule has 24 heavy (non-hydrogen) atoms. The maximum atomic E-state index is 12.8. The van der Waals surface area contributed by atoms with E-state index in [2.05, 4.69) is 10.3 Å². The van der Waals surface area contributed by atoms with Crippen LogP contribution in [0.3, 0.4) is 0 Å². The Morgan fingerprint density at radius 2 is 1.79 bits per heavy atom. The SMILES string of the molecule is Cc1ccc2cccc(NC(=O)c3cccc(C(F)(F)F)c3)c2n1. The first kappa shape index (κ1) is 16.0. The van der Waals surface area contributed by atoms with E-state index in [9.17, 15) is 18.0 Å². The highest BCUT2D eigenvalue weighted by Gasteiger charge is 2.30. The van der Waals surface area contributed by atoms with E-state index < -0.39 is 17.6 Å². The van der Waals surface area contributed by atoms with Crippen molar-refractivity contribution in [3.63, 3.8) is 0 Å². The van der Waals surface area contributed by atoms with Crippen LogP contribution in [0.25, 0.3) is 10.9 Å². The average Bonchev–Trinajstić information content (AvgIpc) is 2.55. The Kier molecular flexibility index (Phi) is 3.97. The van der Waals surface area contributed by atoms with Crippen molar-refractivity contribution in [2.45, 2.75) is 13.1 Å². The molecule has 1 amide bonds. The number of rotatable bonds is 2. The number of benzene rings is 2. The van der Waals surface area contributed by atoms with Crippen LogP contribution < -0.4 is 5.32 Å². The number of aryl methyl sites for hydroxylation is 1. The fraction of sp³-hybridized carbons (Fsp3) is 0.111. The standard InChI is InChI=1S/C18H13F3N2O/c1-11-8-9-12-4-3-7-15(16(12)22-11)23-17(24)13-5-2-6-14(10-13)18(19,20)21/h2-10H,1H3,(H,23,24). The number of amides is 1. The van der Waals surface area contributed by atoms with Gasteiger partial charge in [-0.25, -0.2) is 0 Å². The van der Waals surface area contributed by atoms with Gasteiger partial charge in [0.1, 0.15) is 0 Å². The second-order valence-electron chi connectivity index (χ2n) is 5.36. The molecule has 0 unspecified atom stereocenters. The lowest BCUT2D eigenvalue weighted by Crippen LogP contribution is -2.14. The van der Waals surface area contributed by atoms with Crippen molar-refractivity contribution < 1.29 is 18.0 Å². The minimum Gasteiger partial charge on any atom is -0.320 e. The molecular weight excluding hydrogens is 317 g/mol. The van der Waals surface area contributed by atoms with Crippen LogP contribution in [0.15, 0.2) is 54.6 Å². The van der Waals surface area contributed by atoms with E-state index in [4.69, 9.17) is 0 Å². The largest absolute Gasteiger partial charge is 0.416 e. The van der Waals surface area contributed by atoms with E-state index in [1.165, 1.54) is 12.1 Å². The maximum Gasteiger partial charge on any atom is 0.416 e. The van der Waals surface area contributed by atoms with Gasteiger partial charge in [0, 0.05) is 16.6 Å². The first-order valence-electron chi connectivity index (χ1n) is 7.19. The van der Waals surface area contributed by atoms with E-state index in [1.54, 1.807) is 12.1 Å². The van der Waals surface area contributed by atoms with Gasteiger partial charge in [-0.2, -0.15) is 13.2 Å². The van der Waals surface area contributed by atoms with Crippen molar-refractivity contribution in [2.75, 3.05) is 5.32 Å². The zero-order chi connectivity index (χ0) is 17.3. The Labute approximate surface area is 136 Å². The fourth-order valence-electron chi connectivity index (χ4n) is 2.38. The molecule has 1 aromatic heterocycles. The van der Waals surface area contributed by atoms with Crippen molar-refractivity contribution >= 4 is 22.5 Å². The summed E-state index contributed by atoms with van der Waals surface area (Å²) in [4.78, 5) is 16.7. The number of fused-ring (bicyclic) bond motifs is 1. The minimum absolute atomic E-state index is 0.0607. The van der Waals surface area contributed by atoms with Gasteiger partial charge >= 0.3 is 6.18 Å². The molecular formula is C18H13F3N2O. The Hall–Kier alpha value is -2.89. The second-order valence-corrected chi connectivity index (χ2v) is 5.36. The van der Waals surface area contributed by atoms with Gasteiger partial charge in [-0.1, -0.05) is 24.3 Å². The molecule has 0 aliphatic rings. The first-order chi connectivity index (χ1) is 11.3. The number of nitrogens with zero attached hydrogens (tertiary/aromatic N) is 1. The van der Waals surface area contributed by atoms with Crippen LogP contribution >= 0.6 is 0 Å². The van der Waals surface area contributed by atoms with Crippen molar-refractivity contribution in [3.05, 3.63) is 71.4 Å². The Bertz CT molecular complexity index is 920. The second kappa shape index (κ2) is 5.96. The van der Waals surface area contributed by atoms with E-state index in [-0.39, 0.29) is 5.56 Å². The first-order valence-corrected chi connectivity index (χ1v) is 7.19. The lowest BCUT2D eigenvalue weighted by atomic mass is 10.1. The van der Waals surface area contributed by atoms with Crippen molar-refractivity contribution in [1.29, 1.82) is 0 Å². The van der Waals surface area contributed by atoms with Crippen LogP contribution in [-0.4, -0.2) is 10.9 Å². The highest BCUT2D eigenvalue weighted by Crippen LogP contribution is 2.30. The van der Waals surface area contributed by atoms with Crippen LogP contribution in [0.5, 0.6) is 0 Å². The molecule has 122 valence electrons. The van der Waals surface area contributed by atoms with Crippen LogP contribution in [-0.2, 0) is 6.18 Å². The zero-order valence-electron chi connectivity index (χ0n) is 12.7. The summed E-state index contributed by atoms with van der Waals surface area (Å²) >= 11 is 0. The minimum atomic E-state index is -4.49. The number of anilines is 1. The summed E-state index contributed by atoms with van der Waals surface area (Å²) in [5.74, 6) is -0.614. The monoisotopic (exact) mass is 330 g/mol. The van der Waals surface area contributed by atoms with E-state index in [0.717, 1.165) is 23.2 Å². The Balaban J connectivity index is 1.95. The third kappa shape index (κ3) is 3.22. The molecule has 6 heteroatoms. The summed E-state index contributed by atoms with van der Waals surface area (Å²) in [7, 11) is 0. The molecule has 0 saturated heterocycles. The molecule has 1 heterocycles. The van der Waals surface area contributed by atoms with Crippen LogP contribution in [0, 0.1) is 6.92 Å². The van der Waals surface area contributed by atoms with E-state index in [0.29, 0.717) is 11.2 Å². The van der Waals surface area contributed by atoms with Gasteiger partial charge in [0.2, 0.25) is 0 Å². The molecule has 2 aromatic carbocycles. The topological polar surface area (TPSA) is 42.0 Å². The van der Waals surface area contributed by atoms with Gasteiger partial charge in [0.25, 0.3) is 5.91 Å². The summed E-state index contributed by atoms with van der Waals surface area (Å²) in [5.41, 5.74) is 0.913. The molecule has 0 bridgehead atoms. The third-order valence-corrected chi connectivity index (χ3v) is 3.56. The number of carbonyl (C=O) groups excluding carboxylic acids is 1. The van der Waals surface area contributed by atoms with Gasteiger partial charge in [0.05, 0.1) is 16.8 Å². The normalized spacial score (nSPS) is 11.5. The molecule has 0 atom stereocenters. The summed E-state index contributed by atoms with van der Waals surface area (Å²) in [6.07, 6.45) is -4.49. The number of para-hydroxylation sites is 1. The number of aromatic nitrogens is 1. The average molecular weight is 330 g/mol. The zero-order valence-corrected chi connectivity index (χ0v) is 12.7. The summed E-state index contributed by atoms with van der Waals surface area (Å²) in [6.45, 7) is 1.82.